The van der Waals surface area contributed by atoms with E-state index in [2.05, 4.69) is 15.3 Å². The molecular weight excluding hydrogens is 222 g/mol. The minimum atomic E-state index is 0.484. The Bertz CT molecular complexity index is 511. The lowest BCUT2D eigenvalue weighted by molar-refractivity contribution is 1.27. The molecule has 4 heteroatoms. The van der Waals surface area contributed by atoms with Crippen LogP contribution < -0.4 is 5.32 Å². The Labute approximate surface area is 99.5 Å². The smallest absolute Gasteiger partial charge is 0.129 e. The molecule has 1 N–H and O–H groups in total. The lowest BCUT2D eigenvalue weighted by atomic mass is 10.0. The molecule has 0 saturated heterocycles. The summed E-state index contributed by atoms with van der Waals surface area (Å²) in [6.45, 7) is 2.05. The molecule has 2 aromatic heterocycles. The Morgan fingerprint density at radius 3 is 2.75 bits per heavy atom. The van der Waals surface area contributed by atoms with Crippen LogP contribution in [-0.4, -0.2) is 17.0 Å². The average molecular weight is 234 g/mol. The summed E-state index contributed by atoms with van der Waals surface area (Å²) in [7, 11) is 1.86. The number of nitrogens with one attached hydrogen (secondary N) is 1. The van der Waals surface area contributed by atoms with Gasteiger partial charge in [-0.3, -0.25) is 4.98 Å². The Morgan fingerprint density at radius 2 is 2.06 bits per heavy atom. The van der Waals surface area contributed by atoms with Crippen LogP contribution in [0.3, 0.4) is 0 Å². The van der Waals surface area contributed by atoms with E-state index >= 15 is 0 Å². The highest BCUT2D eigenvalue weighted by Gasteiger charge is 2.08. The number of nitrogens with zero attached hydrogens (tertiary/aromatic N) is 2. The van der Waals surface area contributed by atoms with E-state index in [-0.39, 0.29) is 0 Å². The number of hydrogen-bond acceptors (Lipinski definition) is 3. The van der Waals surface area contributed by atoms with Gasteiger partial charge in [0.1, 0.15) is 5.15 Å². The number of anilines is 1. The standard InChI is InChI=1S/C12H12ClN3/c1-8-3-4-15-6-10(8)9-5-12(13)16-7-11(9)14-2/h3-7,14H,1-2H3. The first kappa shape index (κ1) is 10.9. The molecule has 0 unspecified atom stereocenters. The van der Waals surface area contributed by atoms with E-state index < -0.39 is 0 Å². The van der Waals surface area contributed by atoms with Gasteiger partial charge in [0.2, 0.25) is 0 Å². The SMILES string of the molecule is CNc1cnc(Cl)cc1-c1cnccc1C. The van der Waals surface area contributed by atoms with Gasteiger partial charge in [0.15, 0.2) is 0 Å². The highest BCUT2D eigenvalue weighted by atomic mass is 35.5. The second kappa shape index (κ2) is 4.49. The van der Waals surface area contributed by atoms with Gasteiger partial charge in [0.25, 0.3) is 0 Å². The molecule has 0 amide bonds. The van der Waals surface area contributed by atoms with E-state index in [1.165, 1.54) is 0 Å². The minimum Gasteiger partial charge on any atom is -0.386 e. The molecule has 0 aliphatic rings. The summed E-state index contributed by atoms with van der Waals surface area (Å²) in [4.78, 5) is 8.18. The normalized spacial score (nSPS) is 10.2. The summed E-state index contributed by atoms with van der Waals surface area (Å²) in [6.07, 6.45) is 5.34. The van der Waals surface area contributed by atoms with E-state index in [0.29, 0.717) is 5.15 Å². The second-order valence-corrected chi connectivity index (χ2v) is 3.88. The number of aryl methyl sites for hydroxylation is 1. The first-order valence-corrected chi connectivity index (χ1v) is 5.34. The molecule has 3 nitrogen and oxygen atoms in total. The highest BCUT2D eigenvalue weighted by molar-refractivity contribution is 6.29. The third-order valence-corrected chi connectivity index (χ3v) is 2.68. The summed E-state index contributed by atoms with van der Waals surface area (Å²) < 4.78 is 0. The van der Waals surface area contributed by atoms with E-state index in [4.69, 9.17) is 11.6 Å². The van der Waals surface area contributed by atoms with Crippen molar-refractivity contribution >= 4 is 17.3 Å². The third kappa shape index (κ3) is 1.99. The molecule has 82 valence electrons. The number of aromatic nitrogens is 2. The van der Waals surface area contributed by atoms with Crippen LogP contribution in [0.1, 0.15) is 5.56 Å². The number of halogens is 1. The van der Waals surface area contributed by atoms with Crippen molar-refractivity contribution in [1.29, 1.82) is 0 Å². The topological polar surface area (TPSA) is 37.8 Å². The molecule has 0 aromatic carbocycles. The molecule has 0 saturated carbocycles. The predicted octanol–water partition coefficient (Wildman–Crippen LogP) is 3.15. The Kier molecular flexibility index (Phi) is 3.06. The van der Waals surface area contributed by atoms with Gasteiger partial charge in [0.05, 0.1) is 11.9 Å². The van der Waals surface area contributed by atoms with Crippen LogP contribution in [0.4, 0.5) is 5.69 Å². The van der Waals surface area contributed by atoms with Crippen LogP contribution in [0.15, 0.2) is 30.7 Å². The van der Waals surface area contributed by atoms with Crippen LogP contribution >= 0.6 is 11.6 Å². The second-order valence-electron chi connectivity index (χ2n) is 3.49. The lowest BCUT2D eigenvalue weighted by Crippen LogP contribution is -1.95. The van der Waals surface area contributed by atoms with Crippen LogP contribution in [0.2, 0.25) is 5.15 Å². The monoisotopic (exact) mass is 233 g/mol. The van der Waals surface area contributed by atoms with E-state index in [1.807, 2.05) is 32.3 Å². The maximum Gasteiger partial charge on any atom is 0.129 e. The predicted molar refractivity (Wildman–Crippen MR) is 66.8 cm³/mol. The molecular formula is C12H12ClN3. The molecule has 0 radical (unpaired) electrons. The molecule has 0 fully saturated rings. The molecule has 0 aliphatic carbocycles. The Hall–Kier alpha value is -1.61. The molecule has 2 heterocycles. The van der Waals surface area contributed by atoms with Gasteiger partial charge in [-0.25, -0.2) is 4.98 Å². The van der Waals surface area contributed by atoms with Crippen LogP contribution in [0.5, 0.6) is 0 Å². The van der Waals surface area contributed by atoms with Gasteiger partial charge in [-0.1, -0.05) is 11.6 Å². The quantitative estimate of drug-likeness (QED) is 0.810. The van der Waals surface area contributed by atoms with Crippen LogP contribution in [0, 0.1) is 6.92 Å². The molecule has 0 aliphatic heterocycles. The summed E-state index contributed by atoms with van der Waals surface area (Å²) in [6, 6.07) is 3.82. The maximum absolute atomic E-state index is 5.92. The van der Waals surface area contributed by atoms with Gasteiger partial charge in [0, 0.05) is 30.6 Å². The fraction of sp³-hybridized carbons (Fsp3) is 0.167. The third-order valence-electron chi connectivity index (χ3n) is 2.47. The van der Waals surface area contributed by atoms with Gasteiger partial charge in [-0.2, -0.15) is 0 Å². The molecule has 2 aromatic rings. The lowest BCUT2D eigenvalue weighted by Gasteiger charge is -2.10. The van der Waals surface area contributed by atoms with Gasteiger partial charge in [-0.05, 0) is 24.6 Å². The van der Waals surface area contributed by atoms with Crippen LogP contribution in [-0.2, 0) is 0 Å². The fourth-order valence-corrected chi connectivity index (χ4v) is 1.76. The summed E-state index contributed by atoms with van der Waals surface area (Å²) >= 11 is 5.92. The first-order chi connectivity index (χ1) is 7.72. The zero-order valence-corrected chi connectivity index (χ0v) is 9.92. The zero-order chi connectivity index (χ0) is 11.5. The zero-order valence-electron chi connectivity index (χ0n) is 9.16. The van der Waals surface area contributed by atoms with Crippen LogP contribution in [0.25, 0.3) is 11.1 Å². The van der Waals surface area contributed by atoms with Gasteiger partial charge < -0.3 is 5.32 Å². The van der Waals surface area contributed by atoms with E-state index in [0.717, 1.165) is 22.4 Å². The Morgan fingerprint density at radius 1 is 1.25 bits per heavy atom. The molecule has 0 spiro atoms. The van der Waals surface area contributed by atoms with Crippen molar-refractivity contribution in [3.63, 3.8) is 0 Å². The van der Waals surface area contributed by atoms with Crippen molar-refractivity contribution in [3.8, 4) is 11.1 Å². The van der Waals surface area contributed by atoms with E-state index in [1.54, 1.807) is 12.4 Å². The minimum absolute atomic E-state index is 0.484. The van der Waals surface area contributed by atoms with Gasteiger partial charge >= 0.3 is 0 Å². The Balaban J connectivity index is 2.63. The maximum atomic E-state index is 5.92. The molecule has 0 atom stereocenters. The average Bonchev–Trinajstić information content (AvgIpc) is 2.29. The number of rotatable bonds is 2. The summed E-state index contributed by atoms with van der Waals surface area (Å²) in [5.41, 5.74) is 4.19. The van der Waals surface area contributed by atoms with Crippen molar-refractivity contribution in [3.05, 3.63) is 41.4 Å². The van der Waals surface area contributed by atoms with Crippen molar-refractivity contribution in [1.82, 2.24) is 9.97 Å². The molecule has 16 heavy (non-hydrogen) atoms. The summed E-state index contributed by atoms with van der Waals surface area (Å²) in [5.74, 6) is 0. The molecule has 0 bridgehead atoms. The summed E-state index contributed by atoms with van der Waals surface area (Å²) in [5, 5.41) is 3.58. The van der Waals surface area contributed by atoms with E-state index in [9.17, 15) is 0 Å². The number of pyridine rings is 2. The van der Waals surface area contributed by atoms with Crippen molar-refractivity contribution < 1.29 is 0 Å². The largest absolute Gasteiger partial charge is 0.386 e. The first-order valence-electron chi connectivity index (χ1n) is 4.96. The van der Waals surface area contributed by atoms with Crippen molar-refractivity contribution in [2.45, 2.75) is 6.92 Å². The van der Waals surface area contributed by atoms with Gasteiger partial charge in [-0.15, -0.1) is 0 Å². The van der Waals surface area contributed by atoms with Crippen molar-refractivity contribution in [2.75, 3.05) is 12.4 Å². The fourth-order valence-electron chi connectivity index (χ4n) is 1.60. The van der Waals surface area contributed by atoms with Crippen molar-refractivity contribution in [2.24, 2.45) is 0 Å². The molecule has 2 rings (SSSR count). The number of hydrogen-bond donors (Lipinski definition) is 1. The highest BCUT2D eigenvalue weighted by Crippen LogP contribution is 2.30.